The summed E-state index contributed by atoms with van der Waals surface area (Å²) in [4.78, 5) is 23.1. The topological polar surface area (TPSA) is 78.4 Å². The first kappa shape index (κ1) is 15.4. The van der Waals surface area contributed by atoms with E-state index >= 15 is 0 Å². The van der Waals surface area contributed by atoms with Crippen molar-refractivity contribution in [2.24, 2.45) is 5.92 Å². The maximum atomic E-state index is 12.0. The summed E-state index contributed by atoms with van der Waals surface area (Å²) in [6.45, 7) is 2.18. The lowest BCUT2D eigenvalue weighted by Crippen LogP contribution is -2.40. The van der Waals surface area contributed by atoms with Gasteiger partial charge in [0.25, 0.3) is 0 Å². The summed E-state index contributed by atoms with van der Waals surface area (Å²) in [5, 5.41) is 14.7. The number of rotatable bonds is 4. The van der Waals surface area contributed by atoms with E-state index in [0.29, 0.717) is 11.6 Å². The van der Waals surface area contributed by atoms with E-state index in [0.717, 1.165) is 25.7 Å². The van der Waals surface area contributed by atoms with Crippen LogP contribution in [0.15, 0.2) is 24.3 Å². The van der Waals surface area contributed by atoms with E-state index in [1.165, 1.54) is 12.5 Å². The Balaban J connectivity index is 1.94. The lowest BCUT2D eigenvalue weighted by atomic mass is 9.84. The monoisotopic (exact) mass is 290 g/mol. The number of carboxylic acids is 1. The highest BCUT2D eigenvalue weighted by molar-refractivity contribution is 5.99. The first-order valence-corrected chi connectivity index (χ1v) is 7.50. The molecule has 21 heavy (non-hydrogen) atoms. The van der Waals surface area contributed by atoms with Gasteiger partial charge in [-0.3, -0.25) is 0 Å². The van der Waals surface area contributed by atoms with Crippen molar-refractivity contribution in [3.63, 3.8) is 0 Å². The number of amides is 2. The zero-order valence-electron chi connectivity index (χ0n) is 12.3. The maximum Gasteiger partial charge on any atom is 0.337 e. The van der Waals surface area contributed by atoms with E-state index < -0.39 is 5.97 Å². The van der Waals surface area contributed by atoms with Crippen molar-refractivity contribution < 1.29 is 14.7 Å². The van der Waals surface area contributed by atoms with Crippen LogP contribution >= 0.6 is 0 Å². The maximum absolute atomic E-state index is 12.0. The number of urea groups is 1. The van der Waals surface area contributed by atoms with Gasteiger partial charge < -0.3 is 15.7 Å². The van der Waals surface area contributed by atoms with Gasteiger partial charge in [0.2, 0.25) is 0 Å². The number of carbonyl (C=O) groups is 2. The molecule has 0 radical (unpaired) electrons. The van der Waals surface area contributed by atoms with Gasteiger partial charge in [-0.2, -0.15) is 0 Å². The Morgan fingerprint density at radius 1 is 1.29 bits per heavy atom. The van der Waals surface area contributed by atoms with Crippen molar-refractivity contribution in [2.45, 2.75) is 45.1 Å². The number of hydrogen-bond donors (Lipinski definition) is 3. The number of aromatic carboxylic acids is 1. The minimum absolute atomic E-state index is 0.0997. The third-order valence-corrected chi connectivity index (χ3v) is 4.10. The lowest BCUT2D eigenvalue weighted by Gasteiger charge is -2.29. The summed E-state index contributed by atoms with van der Waals surface area (Å²) in [6.07, 6.45) is 5.50. The number of hydrogen-bond acceptors (Lipinski definition) is 2. The Bertz CT molecular complexity index is 516. The summed E-state index contributed by atoms with van der Waals surface area (Å²) in [5.74, 6) is -0.370. The molecule has 1 fully saturated rings. The molecule has 2 amide bonds. The van der Waals surface area contributed by atoms with E-state index in [9.17, 15) is 9.59 Å². The molecule has 114 valence electrons. The Kier molecular flexibility index (Phi) is 5.20. The standard InChI is InChI=1S/C16H22N2O3/c1-2-11-6-5-7-12(10-11)17-16(21)18-14-9-4-3-8-13(14)15(19)20/h3-4,8-9,11-12H,2,5-7,10H2,1H3,(H,19,20)(H2,17,18,21). The lowest BCUT2D eigenvalue weighted by molar-refractivity contribution is 0.0698. The average Bonchev–Trinajstić information content (AvgIpc) is 2.47. The third-order valence-electron chi connectivity index (χ3n) is 4.10. The van der Waals surface area contributed by atoms with Crippen LogP contribution in [0.25, 0.3) is 0 Å². The second-order valence-electron chi connectivity index (χ2n) is 5.59. The van der Waals surface area contributed by atoms with Crippen LogP contribution in [0.2, 0.25) is 0 Å². The Morgan fingerprint density at radius 2 is 2.05 bits per heavy atom. The van der Waals surface area contributed by atoms with Crippen molar-refractivity contribution >= 4 is 17.7 Å². The second-order valence-corrected chi connectivity index (χ2v) is 5.59. The van der Waals surface area contributed by atoms with Gasteiger partial charge in [-0.05, 0) is 30.9 Å². The summed E-state index contributed by atoms with van der Waals surface area (Å²) >= 11 is 0. The molecule has 3 N–H and O–H groups in total. The Hall–Kier alpha value is -2.04. The molecule has 1 aliphatic carbocycles. The molecule has 5 heteroatoms. The summed E-state index contributed by atoms with van der Waals surface area (Å²) < 4.78 is 0. The molecule has 0 bridgehead atoms. The normalized spacial score (nSPS) is 21.6. The number of para-hydroxylation sites is 1. The van der Waals surface area contributed by atoms with E-state index in [2.05, 4.69) is 17.6 Å². The summed E-state index contributed by atoms with van der Waals surface area (Å²) in [7, 11) is 0. The van der Waals surface area contributed by atoms with Crippen molar-refractivity contribution in [1.29, 1.82) is 0 Å². The Morgan fingerprint density at radius 3 is 2.76 bits per heavy atom. The van der Waals surface area contributed by atoms with Crippen LogP contribution < -0.4 is 10.6 Å². The van der Waals surface area contributed by atoms with Crippen molar-refractivity contribution in [1.82, 2.24) is 5.32 Å². The predicted molar refractivity (Wildman–Crippen MR) is 81.6 cm³/mol. The molecule has 2 unspecified atom stereocenters. The van der Waals surface area contributed by atoms with Crippen LogP contribution in [0, 0.1) is 5.92 Å². The summed E-state index contributed by atoms with van der Waals surface area (Å²) in [6, 6.07) is 6.27. The number of carboxylic acid groups (broad SMARTS) is 1. The van der Waals surface area contributed by atoms with E-state index in [1.807, 2.05) is 0 Å². The molecule has 0 aliphatic heterocycles. The van der Waals surface area contributed by atoms with E-state index in [-0.39, 0.29) is 17.6 Å². The molecular weight excluding hydrogens is 268 g/mol. The minimum Gasteiger partial charge on any atom is -0.478 e. The molecule has 2 atom stereocenters. The molecule has 2 rings (SSSR count). The minimum atomic E-state index is -1.05. The summed E-state index contributed by atoms with van der Waals surface area (Å²) in [5.41, 5.74) is 0.424. The number of anilines is 1. The van der Waals surface area contributed by atoms with Gasteiger partial charge in [0.15, 0.2) is 0 Å². The first-order chi connectivity index (χ1) is 10.1. The molecular formula is C16H22N2O3. The fourth-order valence-electron chi connectivity index (χ4n) is 2.92. The number of carbonyl (C=O) groups excluding carboxylic acids is 1. The van der Waals surface area contributed by atoms with Crippen molar-refractivity contribution in [2.75, 3.05) is 5.32 Å². The molecule has 1 aromatic carbocycles. The number of benzene rings is 1. The first-order valence-electron chi connectivity index (χ1n) is 7.50. The molecule has 1 aliphatic rings. The van der Waals surface area contributed by atoms with Gasteiger partial charge in [-0.1, -0.05) is 38.3 Å². The quantitative estimate of drug-likeness (QED) is 0.794. The fourth-order valence-corrected chi connectivity index (χ4v) is 2.92. The van der Waals surface area contributed by atoms with Crippen LogP contribution in [-0.4, -0.2) is 23.1 Å². The van der Waals surface area contributed by atoms with Gasteiger partial charge in [-0.25, -0.2) is 9.59 Å². The van der Waals surface area contributed by atoms with Crippen LogP contribution in [0.4, 0.5) is 10.5 Å². The van der Waals surface area contributed by atoms with Crippen molar-refractivity contribution in [3.8, 4) is 0 Å². The van der Waals surface area contributed by atoms with Crippen LogP contribution in [0.1, 0.15) is 49.4 Å². The van der Waals surface area contributed by atoms with E-state index in [1.54, 1.807) is 18.2 Å². The molecule has 0 aromatic heterocycles. The van der Waals surface area contributed by atoms with Gasteiger partial charge in [-0.15, -0.1) is 0 Å². The Labute approximate surface area is 124 Å². The van der Waals surface area contributed by atoms with Gasteiger partial charge in [0.1, 0.15) is 0 Å². The van der Waals surface area contributed by atoms with Gasteiger partial charge >= 0.3 is 12.0 Å². The van der Waals surface area contributed by atoms with Crippen LogP contribution in [0.3, 0.4) is 0 Å². The van der Waals surface area contributed by atoms with Crippen LogP contribution in [-0.2, 0) is 0 Å². The molecule has 5 nitrogen and oxygen atoms in total. The second kappa shape index (κ2) is 7.11. The molecule has 1 aromatic rings. The molecule has 0 heterocycles. The highest BCUT2D eigenvalue weighted by Crippen LogP contribution is 2.26. The number of nitrogens with one attached hydrogen (secondary N) is 2. The largest absolute Gasteiger partial charge is 0.478 e. The van der Waals surface area contributed by atoms with Crippen molar-refractivity contribution in [3.05, 3.63) is 29.8 Å². The zero-order chi connectivity index (χ0) is 15.2. The molecule has 0 spiro atoms. The zero-order valence-corrected chi connectivity index (χ0v) is 12.3. The van der Waals surface area contributed by atoms with Gasteiger partial charge in [0.05, 0.1) is 11.3 Å². The highest BCUT2D eigenvalue weighted by atomic mass is 16.4. The average molecular weight is 290 g/mol. The fraction of sp³-hybridized carbons (Fsp3) is 0.500. The molecule has 1 saturated carbocycles. The molecule has 0 saturated heterocycles. The predicted octanol–water partition coefficient (Wildman–Crippen LogP) is 3.48. The van der Waals surface area contributed by atoms with Gasteiger partial charge in [0, 0.05) is 6.04 Å². The van der Waals surface area contributed by atoms with E-state index in [4.69, 9.17) is 5.11 Å². The SMILES string of the molecule is CCC1CCCC(NC(=O)Nc2ccccc2C(=O)O)C1. The van der Waals surface area contributed by atoms with Crippen LogP contribution in [0.5, 0.6) is 0 Å². The third kappa shape index (κ3) is 4.21. The highest BCUT2D eigenvalue weighted by Gasteiger charge is 2.22. The smallest absolute Gasteiger partial charge is 0.337 e.